The van der Waals surface area contributed by atoms with Crippen LogP contribution in [0.2, 0.25) is 0 Å². The molecule has 1 rings (SSSR count). The van der Waals surface area contributed by atoms with E-state index in [1.165, 1.54) is 38.5 Å². The van der Waals surface area contributed by atoms with Crippen LogP contribution >= 0.6 is 0 Å². The van der Waals surface area contributed by atoms with Crippen molar-refractivity contribution in [1.29, 1.82) is 0 Å². The van der Waals surface area contributed by atoms with E-state index in [4.69, 9.17) is 9.47 Å². The number of hydrogen-bond acceptors (Lipinski definition) is 2. The van der Waals surface area contributed by atoms with Gasteiger partial charge in [0.2, 0.25) is 0 Å². The molecule has 1 atom stereocenters. The SMILES string of the molecule is CCCCC/C=C\C/C=C/CCCOC1CCCCO1. The molecule has 0 spiro atoms. The van der Waals surface area contributed by atoms with Crippen LogP contribution in [0.3, 0.4) is 0 Å². The number of hydrogen-bond donors (Lipinski definition) is 0. The van der Waals surface area contributed by atoms with Crippen LogP contribution in [-0.4, -0.2) is 19.5 Å². The van der Waals surface area contributed by atoms with Gasteiger partial charge in [0.25, 0.3) is 0 Å². The van der Waals surface area contributed by atoms with Gasteiger partial charge in [0.05, 0.1) is 6.61 Å². The molecule has 1 heterocycles. The maximum atomic E-state index is 5.70. The fourth-order valence-electron chi connectivity index (χ4n) is 2.28. The van der Waals surface area contributed by atoms with Gasteiger partial charge in [-0.25, -0.2) is 0 Å². The number of rotatable bonds is 11. The molecular formula is C18H32O2. The highest BCUT2D eigenvalue weighted by atomic mass is 16.7. The molecule has 1 unspecified atom stereocenters. The third-order valence-corrected chi connectivity index (χ3v) is 3.54. The van der Waals surface area contributed by atoms with Gasteiger partial charge < -0.3 is 9.47 Å². The van der Waals surface area contributed by atoms with E-state index in [1.807, 2.05) is 0 Å². The second-order valence-electron chi connectivity index (χ2n) is 5.48. The Morgan fingerprint density at radius 3 is 2.50 bits per heavy atom. The topological polar surface area (TPSA) is 18.5 Å². The largest absolute Gasteiger partial charge is 0.353 e. The van der Waals surface area contributed by atoms with Gasteiger partial charge in [0.1, 0.15) is 0 Å². The highest BCUT2D eigenvalue weighted by Gasteiger charge is 2.12. The fraction of sp³-hybridized carbons (Fsp3) is 0.778. The molecule has 0 amide bonds. The summed E-state index contributed by atoms with van der Waals surface area (Å²) >= 11 is 0. The van der Waals surface area contributed by atoms with Crippen molar-refractivity contribution in [3.63, 3.8) is 0 Å². The van der Waals surface area contributed by atoms with Gasteiger partial charge in [-0.05, 0) is 51.4 Å². The molecule has 0 aromatic heterocycles. The summed E-state index contributed by atoms with van der Waals surface area (Å²) in [6.07, 6.45) is 21.2. The van der Waals surface area contributed by atoms with Crippen molar-refractivity contribution >= 4 is 0 Å². The fourth-order valence-corrected chi connectivity index (χ4v) is 2.28. The van der Waals surface area contributed by atoms with Gasteiger partial charge in [-0.3, -0.25) is 0 Å². The Labute approximate surface area is 125 Å². The lowest BCUT2D eigenvalue weighted by atomic mass is 10.2. The van der Waals surface area contributed by atoms with E-state index in [0.29, 0.717) is 0 Å². The highest BCUT2D eigenvalue weighted by molar-refractivity contribution is 4.92. The Kier molecular flexibility index (Phi) is 11.7. The van der Waals surface area contributed by atoms with Gasteiger partial charge in [-0.15, -0.1) is 0 Å². The summed E-state index contributed by atoms with van der Waals surface area (Å²) in [6.45, 7) is 3.94. The van der Waals surface area contributed by atoms with E-state index in [2.05, 4.69) is 31.2 Å². The molecule has 0 saturated carbocycles. The first kappa shape index (κ1) is 17.5. The molecule has 1 aliphatic rings. The average Bonchev–Trinajstić information content (AvgIpc) is 2.49. The normalized spacial score (nSPS) is 20.1. The summed E-state index contributed by atoms with van der Waals surface area (Å²) in [5.41, 5.74) is 0. The molecule has 0 bridgehead atoms. The number of ether oxygens (including phenoxy) is 2. The Morgan fingerprint density at radius 2 is 1.80 bits per heavy atom. The van der Waals surface area contributed by atoms with Crippen molar-refractivity contribution in [2.75, 3.05) is 13.2 Å². The molecule has 0 aromatic carbocycles. The summed E-state index contributed by atoms with van der Waals surface area (Å²) < 4.78 is 11.2. The highest BCUT2D eigenvalue weighted by Crippen LogP contribution is 2.13. The van der Waals surface area contributed by atoms with E-state index in [0.717, 1.165) is 38.9 Å². The molecule has 0 aliphatic carbocycles. The van der Waals surface area contributed by atoms with Gasteiger partial charge in [-0.1, -0.05) is 44.1 Å². The van der Waals surface area contributed by atoms with Gasteiger partial charge in [-0.2, -0.15) is 0 Å². The molecule has 1 fully saturated rings. The summed E-state index contributed by atoms with van der Waals surface area (Å²) in [7, 11) is 0. The summed E-state index contributed by atoms with van der Waals surface area (Å²) in [6, 6.07) is 0. The predicted molar refractivity (Wildman–Crippen MR) is 85.8 cm³/mol. The maximum Gasteiger partial charge on any atom is 0.157 e. The van der Waals surface area contributed by atoms with Crippen LogP contribution < -0.4 is 0 Å². The molecule has 2 nitrogen and oxygen atoms in total. The molecule has 116 valence electrons. The summed E-state index contributed by atoms with van der Waals surface area (Å²) in [5.74, 6) is 0. The predicted octanol–water partition coefficient (Wildman–Crippen LogP) is 5.39. The zero-order valence-electron chi connectivity index (χ0n) is 13.2. The minimum absolute atomic E-state index is 0.0683. The molecule has 20 heavy (non-hydrogen) atoms. The molecule has 0 N–H and O–H groups in total. The maximum absolute atomic E-state index is 5.70. The van der Waals surface area contributed by atoms with E-state index < -0.39 is 0 Å². The van der Waals surface area contributed by atoms with Crippen LogP contribution in [0, 0.1) is 0 Å². The van der Waals surface area contributed by atoms with Crippen molar-refractivity contribution in [2.45, 2.75) is 77.4 Å². The summed E-state index contributed by atoms with van der Waals surface area (Å²) in [5, 5.41) is 0. The first-order chi connectivity index (χ1) is 9.93. The van der Waals surface area contributed by atoms with Crippen molar-refractivity contribution < 1.29 is 9.47 Å². The molecular weight excluding hydrogens is 248 g/mol. The second kappa shape index (κ2) is 13.4. The molecule has 2 heteroatoms. The van der Waals surface area contributed by atoms with E-state index in [-0.39, 0.29) is 6.29 Å². The zero-order valence-corrected chi connectivity index (χ0v) is 13.2. The first-order valence-electron chi connectivity index (χ1n) is 8.46. The first-order valence-corrected chi connectivity index (χ1v) is 8.46. The van der Waals surface area contributed by atoms with Crippen LogP contribution in [0.5, 0.6) is 0 Å². The molecule has 0 aromatic rings. The summed E-state index contributed by atoms with van der Waals surface area (Å²) in [4.78, 5) is 0. The van der Waals surface area contributed by atoms with E-state index >= 15 is 0 Å². The second-order valence-corrected chi connectivity index (χ2v) is 5.48. The lowest BCUT2D eigenvalue weighted by Crippen LogP contribution is -2.22. The molecule has 1 aliphatic heterocycles. The minimum atomic E-state index is 0.0683. The molecule has 0 radical (unpaired) electrons. The Balaban J connectivity index is 1.84. The minimum Gasteiger partial charge on any atom is -0.353 e. The quantitative estimate of drug-likeness (QED) is 0.373. The Morgan fingerprint density at radius 1 is 1.00 bits per heavy atom. The van der Waals surface area contributed by atoms with Crippen molar-refractivity contribution in [1.82, 2.24) is 0 Å². The number of unbranched alkanes of at least 4 members (excludes halogenated alkanes) is 4. The van der Waals surface area contributed by atoms with Crippen LogP contribution in [-0.2, 0) is 9.47 Å². The Bertz CT molecular complexity index is 252. The van der Waals surface area contributed by atoms with Crippen LogP contribution in [0.25, 0.3) is 0 Å². The monoisotopic (exact) mass is 280 g/mol. The van der Waals surface area contributed by atoms with Crippen molar-refractivity contribution in [2.24, 2.45) is 0 Å². The molecule has 1 saturated heterocycles. The van der Waals surface area contributed by atoms with Crippen LogP contribution in [0.1, 0.15) is 71.1 Å². The van der Waals surface area contributed by atoms with Gasteiger partial charge >= 0.3 is 0 Å². The van der Waals surface area contributed by atoms with Gasteiger partial charge in [0.15, 0.2) is 6.29 Å². The lowest BCUT2D eigenvalue weighted by molar-refractivity contribution is -0.162. The Hall–Kier alpha value is -0.600. The van der Waals surface area contributed by atoms with Crippen molar-refractivity contribution in [3.05, 3.63) is 24.3 Å². The van der Waals surface area contributed by atoms with E-state index in [1.54, 1.807) is 0 Å². The third-order valence-electron chi connectivity index (χ3n) is 3.54. The van der Waals surface area contributed by atoms with Crippen LogP contribution in [0.15, 0.2) is 24.3 Å². The smallest absolute Gasteiger partial charge is 0.157 e. The van der Waals surface area contributed by atoms with E-state index in [9.17, 15) is 0 Å². The van der Waals surface area contributed by atoms with Gasteiger partial charge in [0, 0.05) is 6.61 Å². The van der Waals surface area contributed by atoms with Crippen LogP contribution in [0.4, 0.5) is 0 Å². The van der Waals surface area contributed by atoms with Crippen molar-refractivity contribution in [3.8, 4) is 0 Å². The average molecular weight is 280 g/mol. The zero-order chi connectivity index (χ0) is 14.3. The lowest BCUT2D eigenvalue weighted by Gasteiger charge is -2.22. The number of allylic oxidation sites excluding steroid dienone is 4. The standard InChI is InChI=1S/C18H32O2/c1-2-3-4-5-6-7-8-9-10-11-13-16-19-18-15-12-14-17-20-18/h6-7,9-10,18H,2-5,8,11-17H2,1H3/b7-6-,10-9+. The third kappa shape index (κ3) is 10.2.